The van der Waals surface area contributed by atoms with Crippen LogP contribution < -0.4 is 5.32 Å². The summed E-state index contributed by atoms with van der Waals surface area (Å²) in [7, 11) is -1.26. The van der Waals surface area contributed by atoms with Gasteiger partial charge in [0.15, 0.2) is 0 Å². The van der Waals surface area contributed by atoms with Gasteiger partial charge in [-0.15, -0.1) is 0 Å². The third-order valence-corrected chi connectivity index (χ3v) is 5.21. The molecule has 5 nitrogen and oxygen atoms in total. The van der Waals surface area contributed by atoms with E-state index >= 15 is 0 Å². The van der Waals surface area contributed by atoms with Gasteiger partial charge in [0.25, 0.3) is 5.91 Å². The van der Waals surface area contributed by atoms with Gasteiger partial charge < -0.3 is 14.4 Å². The van der Waals surface area contributed by atoms with Crippen LogP contribution in [0.25, 0.3) is 5.31 Å². The summed E-state index contributed by atoms with van der Waals surface area (Å²) < 4.78 is 36.2. The molecule has 0 aliphatic rings. The first kappa shape index (κ1) is 18.1. The largest absolute Gasteiger partial charge is 0.362 e. The van der Waals surface area contributed by atoms with E-state index in [0.717, 1.165) is 0 Å². The van der Waals surface area contributed by atoms with Crippen LogP contribution in [0.2, 0.25) is 0 Å². The predicted octanol–water partition coefficient (Wildman–Crippen LogP) is 4.04. The molecule has 0 aliphatic carbocycles. The second-order valence-electron chi connectivity index (χ2n) is 4.74. The highest BCUT2D eigenvalue weighted by Crippen LogP contribution is 2.59. The molecule has 0 spiro atoms. The van der Waals surface area contributed by atoms with E-state index in [4.69, 9.17) is 9.05 Å². The van der Waals surface area contributed by atoms with Crippen LogP contribution in [-0.4, -0.2) is 20.1 Å². The van der Waals surface area contributed by atoms with Crippen molar-refractivity contribution in [1.82, 2.24) is 5.32 Å². The van der Waals surface area contributed by atoms with Crippen LogP contribution >= 0.6 is 7.60 Å². The molecule has 0 aromatic heterocycles. The van der Waals surface area contributed by atoms with Crippen molar-refractivity contribution in [1.29, 1.82) is 0 Å². The number of carbonyl (C=O) groups excluding carboxylic acids is 1. The van der Waals surface area contributed by atoms with Crippen LogP contribution in [0.4, 0.5) is 4.39 Å². The summed E-state index contributed by atoms with van der Waals surface area (Å²) in [5.41, 5.74) is 0.715. The lowest BCUT2D eigenvalue weighted by atomic mass is 10.2. The van der Waals surface area contributed by atoms with Crippen molar-refractivity contribution in [3.63, 3.8) is 0 Å². The maximum atomic E-state index is 13.5. The van der Waals surface area contributed by atoms with Crippen molar-refractivity contribution in [3.05, 3.63) is 77.7 Å². The van der Waals surface area contributed by atoms with Gasteiger partial charge in [0.05, 0.1) is 5.31 Å². The number of benzene rings is 2. The van der Waals surface area contributed by atoms with Gasteiger partial charge >= 0.3 is 7.60 Å². The predicted molar refractivity (Wildman–Crippen MR) is 89.9 cm³/mol. The van der Waals surface area contributed by atoms with Gasteiger partial charge in [-0.1, -0.05) is 30.3 Å². The molecule has 0 saturated heterocycles. The summed E-state index contributed by atoms with van der Waals surface area (Å²) >= 11 is 0. The monoisotopic (exact) mass is 349 g/mol. The van der Waals surface area contributed by atoms with Crippen molar-refractivity contribution in [2.75, 3.05) is 14.2 Å². The summed E-state index contributed by atoms with van der Waals surface area (Å²) in [6.45, 7) is 0. The highest BCUT2D eigenvalue weighted by atomic mass is 31.2. The zero-order chi connectivity index (χ0) is 17.6. The summed E-state index contributed by atoms with van der Waals surface area (Å²) in [4.78, 5) is 12.1. The lowest BCUT2D eigenvalue weighted by molar-refractivity contribution is 0.0970. The van der Waals surface area contributed by atoms with E-state index in [1.54, 1.807) is 36.4 Å². The van der Waals surface area contributed by atoms with Crippen molar-refractivity contribution < 1.29 is 22.8 Å². The van der Waals surface area contributed by atoms with Crippen molar-refractivity contribution in [2.24, 2.45) is 0 Å². The smallest absolute Gasteiger partial charge is 0.328 e. The maximum absolute atomic E-state index is 13.5. The Hall–Kier alpha value is -2.27. The topological polar surface area (TPSA) is 64.6 Å². The second-order valence-corrected chi connectivity index (χ2v) is 6.95. The summed E-state index contributed by atoms with van der Waals surface area (Å²) in [5.74, 6) is -0.908. The van der Waals surface area contributed by atoms with E-state index in [0.29, 0.717) is 5.56 Å². The van der Waals surface area contributed by atoms with Crippen LogP contribution in [0.1, 0.15) is 15.9 Å². The van der Waals surface area contributed by atoms with Gasteiger partial charge in [-0.2, -0.15) is 0 Å². The van der Waals surface area contributed by atoms with Gasteiger partial charge in [0.1, 0.15) is 5.82 Å². The van der Waals surface area contributed by atoms with E-state index in [-0.39, 0.29) is 10.9 Å². The second kappa shape index (κ2) is 8.02. The normalized spacial score (nSPS) is 12.0. The third-order valence-electron chi connectivity index (χ3n) is 3.27. The average Bonchev–Trinajstić information content (AvgIpc) is 2.62. The van der Waals surface area contributed by atoms with Crippen LogP contribution in [0.5, 0.6) is 0 Å². The molecule has 0 bridgehead atoms. The highest BCUT2D eigenvalue weighted by molar-refractivity contribution is 7.65. The minimum atomic E-state index is -3.70. The summed E-state index contributed by atoms with van der Waals surface area (Å²) in [6.07, 6.45) is 1.22. The Balaban J connectivity index is 2.39. The molecule has 0 saturated carbocycles. The lowest BCUT2D eigenvalue weighted by Crippen LogP contribution is -2.17. The molecule has 2 aromatic rings. The molecule has 2 aromatic carbocycles. The molecule has 24 heavy (non-hydrogen) atoms. The van der Waals surface area contributed by atoms with Gasteiger partial charge in [0.2, 0.25) is 0 Å². The number of hydrogen-bond donors (Lipinski definition) is 1. The highest BCUT2D eigenvalue weighted by Gasteiger charge is 2.29. The van der Waals surface area contributed by atoms with Gasteiger partial charge in [-0.3, -0.25) is 9.36 Å². The molecule has 0 aliphatic heterocycles. The van der Waals surface area contributed by atoms with Crippen molar-refractivity contribution in [3.8, 4) is 0 Å². The van der Waals surface area contributed by atoms with E-state index < -0.39 is 19.3 Å². The molecule has 0 unspecified atom stereocenters. The van der Waals surface area contributed by atoms with E-state index in [1.165, 1.54) is 38.6 Å². The zero-order valence-electron chi connectivity index (χ0n) is 13.2. The molecular formula is C17H17FNO4P. The van der Waals surface area contributed by atoms with E-state index in [9.17, 15) is 13.8 Å². The molecule has 0 atom stereocenters. The lowest BCUT2D eigenvalue weighted by Gasteiger charge is -2.17. The third kappa shape index (κ3) is 4.17. The first-order valence-corrected chi connectivity index (χ1v) is 8.58. The Morgan fingerprint density at radius 3 is 2.25 bits per heavy atom. The molecule has 1 N–H and O–H groups in total. The van der Waals surface area contributed by atoms with Crippen LogP contribution in [-0.2, 0) is 13.6 Å². The van der Waals surface area contributed by atoms with Crippen LogP contribution in [0, 0.1) is 5.82 Å². The van der Waals surface area contributed by atoms with Gasteiger partial charge in [0, 0.05) is 26.0 Å². The molecule has 126 valence electrons. The number of nitrogens with one attached hydrogen (secondary N) is 1. The van der Waals surface area contributed by atoms with Crippen molar-refractivity contribution in [2.45, 2.75) is 0 Å². The van der Waals surface area contributed by atoms with Crippen LogP contribution in [0.15, 0.2) is 60.8 Å². The summed E-state index contributed by atoms with van der Waals surface area (Å²) in [5, 5.41) is 2.59. The van der Waals surface area contributed by atoms with Gasteiger partial charge in [-0.25, -0.2) is 4.39 Å². The Kier molecular flexibility index (Phi) is 6.04. The summed E-state index contributed by atoms with van der Waals surface area (Å²) in [6, 6.07) is 14.0. The number of amides is 1. The zero-order valence-corrected chi connectivity index (χ0v) is 14.1. The number of rotatable bonds is 6. The molecular weight excluding hydrogens is 332 g/mol. The number of hydrogen-bond acceptors (Lipinski definition) is 4. The number of halogens is 1. The first-order chi connectivity index (χ1) is 11.5. The van der Waals surface area contributed by atoms with E-state index in [1.807, 2.05) is 0 Å². The minimum absolute atomic E-state index is 0.0521. The Morgan fingerprint density at radius 1 is 1.04 bits per heavy atom. The molecule has 7 heteroatoms. The standard InChI is InChI=1S/C17H17FNO4P/c1-22-24(21,23-2)16(14-9-6-10-15(18)11-14)12-19-17(20)13-7-4-3-5-8-13/h3-12H,1-2H3,(H,19,20). The quantitative estimate of drug-likeness (QED) is 0.800. The maximum Gasteiger partial charge on any atom is 0.362 e. The Morgan fingerprint density at radius 2 is 1.67 bits per heavy atom. The Bertz CT molecular complexity index is 784. The molecule has 0 radical (unpaired) electrons. The average molecular weight is 349 g/mol. The van der Waals surface area contributed by atoms with Crippen molar-refractivity contribution >= 4 is 18.8 Å². The fraction of sp³-hybridized carbons (Fsp3) is 0.118. The minimum Gasteiger partial charge on any atom is -0.328 e. The van der Waals surface area contributed by atoms with E-state index in [2.05, 4.69) is 5.32 Å². The molecule has 2 rings (SSSR count). The Labute approximate surface area is 139 Å². The van der Waals surface area contributed by atoms with Gasteiger partial charge in [-0.05, 0) is 29.8 Å². The fourth-order valence-electron chi connectivity index (χ4n) is 2.05. The molecule has 0 heterocycles. The fourth-order valence-corrected chi connectivity index (χ4v) is 3.27. The van der Waals surface area contributed by atoms with Crippen LogP contribution in [0.3, 0.4) is 0 Å². The SMILES string of the molecule is COP(=O)(OC)C(=CNC(=O)c1ccccc1)c1cccc(F)c1. The molecule has 0 fully saturated rings. The molecule has 1 amide bonds. The number of carbonyl (C=O) groups is 1. The first-order valence-electron chi connectivity index (χ1n) is 7.04.